The molecule has 2 atom stereocenters. The van der Waals surface area contributed by atoms with Gasteiger partial charge in [0.05, 0.1) is 0 Å². The number of ether oxygens (including phenoxy) is 2. The van der Waals surface area contributed by atoms with Crippen LogP contribution in [0.25, 0.3) is 0 Å². The van der Waals surface area contributed by atoms with Gasteiger partial charge in [-0.2, -0.15) is 0 Å². The summed E-state index contributed by atoms with van der Waals surface area (Å²) in [6.07, 6.45) is -0.180. The number of carbonyl (C=O) groups is 3. The number of carbonyl (C=O) groups excluding carboxylic acids is 3. The first kappa shape index (κ1) is 21.4. The van der Waals surface area contributed by atoms with Gasteiger partial charge in [-0.25, -0.2) is 9.59 Å². The van der Waals surface area contributed by atoms with E-state index in [-0.39, 0.29) is 18.1 Å². The van der Waals surface area contributed by atoms with Gasteiger partial charge in [0.2, 0.25) is 0 Å². The number of nitrogens with one attached hydrogen (secondary N) is 1. The van der Waals surface area contributed by atoms with Gasteiger partial charge in [0.25, 0.3) is 0 Å². The average molecular weight is 329 g/mol. The zero-order valence-electron chi connectivity index (χ0n) is 15.6. The highest BCUT2D eigenvalue weighted by Gasteiger charge is 2.31. The highest BCUT2D eigenvalue weighted by Crippen LogP contribution is 2.14. The summed E-state index contributed by atoms with van der Waals surface area (Å²) >= 11 is 0. The molecule has 6 nitrogen and oxygen atoms in total. The molecule has 0 fully saturated rings. The topological polar surface area (TPSA) is 81.7 Å². The molecule has 0 aliphatic carbocycles. The molecule has 0 aromatic heterocycles. The summed E-state index contributed by atoms with van der Waals surface area (Å²) < 4.78 is 10.4. The lowest BCUT2D eigenvalue weighted by atomic mass is 9.97. The fourth-order valence-electron chi connectivity index (χ4n) is 1.65. The SMILES string of the molecule is CCC(C)C(=O)CC(NC(=O)OC(C)(C)C)C(=O)OC(C)(C)C. The number of hydrogen-bond acceptors (Lipinski definition) is 5. The summed E-state index contributed by atoms with van der Waals surface area (Å²) in [6.45, 7) is 14.0. The van der Waals surface area contributed by atoms with Crippen LogP contribution in [0.15, 0.2) is 0 Å². The van der Waals surface area contributed by atoms with Crippen LogP contribution < -0.4 is 5.32 Å². The molecule has 0 radical (unpaired) electrons. The minimum atomic E-state index is -1.05. The van der Waals surface area contributed by atoms with Crippen LogP contribution in [-0.2, 0) is 19.1 Å². The van der Waals surface area contributed by atoms with Crippen molar-refractivity contribution < 1.29 is 23.9 Å². The lowest BCUT2D eigenvalue weighted by molar-refractivity contribution is -0.158. The normalized spacial score (nSPS) is 14.6. The summed E-state index contributed by atoms with van der Waals surface area (Å²) in [5, 5.41) is 2.45. The van der Waals surface area contributed by atoms with Gasteiger partial charge in [-0.15, -0.1) is 0 Å². The second kappa shape index (κ2) is 8.31. The standard InChI is InChI=1S/C17H31NO5/c1-9-11(2)13(19)10-12(14(20)22-16(3,4)5)18-15(21)23-17(6,7)8/h11-12H,9-10H2,1-8H3,(H,18,21). The fraction of sp³-hybridized carbons (Fsp3) is 0.824. The Bertz CT molecular complexity index is 431. The van der Waals surface area contributed by atoms with Crippen LogP contribution in [0.3, 0.4) is 0 Å². The van der Waals surface area contributed by atoms with E-state index >= 15 is 0 Å². The maximum Gasteiger partial charge on any atom is 0.408 e. The minimum Gasteiger partial charge on any atom is -0.458 e. The molecule has 0 rings (SSSR count). The molecule has 0 spiro atoms. The fourth-order valence-corrected chi connectivity index (χ4v) is 1.65. The molecule has 0 heterocycles. The Morgan fingerprint density at radius 3 is 1.83 bits per heavy atom. The van der Waals surface area contributed by atoms with Crippen molar-refractivity contribution >= 4 is 17.8 Å². The van der Waals surface area contributed by atoms with Gasteiger partial charge in [0.15, 0.2) is 0 Å². The van der Waals surface area contributed by atoms with Crippen molar-refractivity contribution in [1.29, 1.82) is 0 Å². The lowest BCUT2D eigenvalue weighted by Gasteiger charge is -2.26. The van der Waals surface area contributed by atoms with Gasteiger partial charge < -0.3 is 14.8 Å². The third kappa shape index (κ3) is 9.92. The minimum absolute atomic E-state index is 0.0978. The van der Waals surface area contributed by atoms with Crippen LogP contribution in [0.5, 0.6) is 0 Å². The van der Waals surface area contributed by atoms with Gasteiger partial charge in [-0.3, -0.25) is 4.79 Å². The van der Waals surface area contributed by atoms with E-state index in [2.05, 4.69) is 5.32 Å². The zero-order valence-corrected chi connectivity index (χ0v) is 15.6. The summed E-state index contributed by atoms with van der Waals surface area (Å²) in [5.41, 5.74) is -1.40. The van der Waals surface area contributed by atoms with Gasteiger partial charge in [0.1, 0.15) is 23.0 Å². The molecule has 6 heteroatoms. The summed E-state index contributed by atoms with van der Waals surface area (Å²) in [7, 11) is 0. The van der Waals surface area contributed by atoms with Crippen molar-refractivity contribution in [2.75, 3.05) is 0 Å². The summed E-state index contributed by atoms with van der Waals surface area (Å²) in [4.78, 5) is 36.3. The monoisotopic (exact) mass is 329 g/mol. The zero-order chi connectivity index (χ0) is 18.4. The predicted octanol–water partition coefficient (Wildman–Crippen LogP) is 3.23. The van der Waals surface area contributed by atoms with Crippen molar-refractivity contribution in [3.63, 3.8) is 0 Å². The van der Waals surface area contributed by atoms with Crippen LogP contribution in [0.2, 0.25) is 0 Å². The quantitative estimate of drug-likeness (QED) is 0.757. The molecule has 1 N–H and O–H groups in total. The van der Waals surface area contributed by atoms with Gasteiger partial charge in [-0.05, 0) is 48.0 Å². The molecule has 2 unspecified atom stereocenters. The van der Waals surface area contributed by atoms with E-state index in [0.29, 0.717) is 6.42 Å². The molecule has 0 saturated heterocycles. The second-order valence-corrected chi connectivity index (χ2v) is 7.71. The van der Waals surface area contributed by atoms with E-state index in [1.54, 1.807) is 48.5 Å². The van der Waals surface area contributed by atoms with Crippen LogP contribution in [0, 0.1) is 5.92 Å². The summed E-state index contributed by atoms with van der Waals surface area (Å²) in [5.74, 6) is -0.917. The average Bonchev–Trinajstić information content (AvgIpc) is 2.32. The molecule has 0 aliphatic rings. The largest absolute Gasteiger partial charge is 0.458 e. The third-order valence-electron chi connectivity index (χ3n) is 2.95. The molecule has 23 heavy (non-hydrogen) atoms. The van der Waals surface area contributed by atoms with E-state index in [1.807, 2.05) is 6.92 Å². The molecule has 0 bridgehead atoms. The van der Waals surface area contributed by atoms with Crippen molar-refractivity contribution in [1.82, 2.24) is 5.32 Å². The van der Waals surface area contributed by atoms with E-state index in [9.17, 15) is 14.4 Å². The van der Waals surface area contributed by atoms with Crippen LogP contribution in [0.1, 0.15) is 68.2 Å². The highest BCUT2D eigenvalue weighted by atomic mass is 16.6. The van der Waals surface area contributed by atoms with E-state index in [0.717, 1.165) is 0 Å². The van der Waals surface area contributed by atoms with Crippen molar-refractivity contribution in [2.24, 2.45) is 5.92 Å². The molecule has 1 amide bonds. The Kier molecular flexibility index (Phi) is 7.74. The number of rotatable bonds is 6. The predicted molar refractivity (Wildman–Crippen MR) is 88.1 cm³/mol. The number of hydrogen-bond donors (Lipinski definition) is 1. The van der Waals surface area contributed by atoms with E-state index in [4.69, 9.17) is 9.47 Å². The van der Waals surface area contributed by atoms with Gasteiger partial charge in [-0.1, -0.05) is 13.8 Å². The Labute approximate surface area is 139 Å². The first-order chi connectivity index (χ1) is 10.2. The van der Waals surface area contributed by atoms with E-state index in [1.165, 1.54) is 0 Å². The number of ketones is 1. The Morgan fingerprint density at radius 1 is 0.957 bits per heavy atom. The van der Waals surface area contributed by atoms with Crippen LogP contribution in [-0.4, -0.2) is 35.1 Å². The molecule has 0 aromatic rings. The molecule has 134 valence electrons. The highest BCUT2D eigenvalue weighted by molar-refractivity contribution is 5.90. The Morgan fingerprint density at radius 2 is 1.43 bits per heavy atom. The van der Waals surface area contributed by atoms with Crippen LogP contribution >= 0.6 is 0 Å². The van der Waals surface area contributed by atoms with Crippen molar-refractivity contribution in [3.8, 4) is 0 Å². The molecular weight excluding hydrogens is 298 g/mol. The molecule has 0 aromatic carbocycles. The van der Waals surface area contributed by atoms with E-state index < -0.39 is 29.3 Å². The lowest BCUT2D eigenvalue weighted by Crippen LogP contribution is -2.47. The maximum atomic E-state index is 12.3. The molecule has 0 aliphatic heterocycles. The second-order valence-electron chi connectivity index (χ2n) is 7.71. The number of esters is 1. The van der Waals surface area contributed by atoms with Crippen molar-refractivity contribution in [3.05, 3.63) is 0 Å². The van der Waals surface area contributed by atoms with Crippen molar-refractivity contribution in [2.45, 2.75) is 85.5 Å². The summed E-state index contributed by atoms with van der Waals surface area (Å²) in [6, 6.07) is -1.05. The van der Waals surface area contributed by atoms with Gasteiger partial charge >= 0.3 is 12.1 Å². The molecule has 0 saturated carbocycles. The first-order valence-electron chi connectivity index (χ1n) is 8.00. The number of Topliss-reactive ketones (excluding diaryl/α,β-unsaturated/α-hetero) is 1. The smallest absolute Gasteiger partial charge is 0.408 e. The molecular formula is C17H31NO5. The Balaban J connectivity index is 5.03. The maximum absolute atomic E-state index is 12.3. The first-order valence-corrected chi connectivity index (χ1v) is 8.00. The number of amides is 1. The van der Waals surface area contributed by atoms with Gasteiger partial charge in [0, 0.05) is 12.3 Å². The third-order valence-corrected chi connectivity index (χ3v) is 2.95. The Hall–Kier alpha value is -1.59. The van der Waals surface area contributed by atoms with Crippen LogP contribution in [0.4, 0.5) is 4.79 Å². The number of alkyl carbamates (subject to hydrolysis) is 1.